The molecule has 1 fully saturated rings. The molecule has 1 amide bonds. The third-order valence-electron chi connectivity index (χ3n) is 8.31. The minimum absolute atomic E-state index is 0.116. The number of halogens is 1. The molecule has 0 radical (unpaired) electrons. The topological polar surface area (TPSA) is 66.5 Å². The van der Waals surface area contributed by atoms with Gasteiger partial charge in [-0.15, -0.1) is 0 Å². The predicted molar refractivity (Wildman–Crippen MR) is 146 cm³/mol. The highest BCUT2D eigenvalue weighted by Crippen LogP contribution is 2.59. The van der Waals surface area contributed by atoms with Crippen molar-refractivity contribution in [1.82, 2.24) is 0 Å². The van der Waals surface area contributed by atoms with E-state index >= 15 is 4.39 Å². The molecule has 0 unspecified atom stereocenters. The zero-order valence-electron chi connectivity index (χ0n) is 21.8. The largest absolute Gasteiger partial charge is 0.352 e. The molecular weight excluding hydrogens is 479 g/mol. The number of hydrogen-bond acceptors (Lipinski definition) is 4. The number of nitrogens with zero attached hydrogens (tertiary/aromatic N) is 1. The van der Waals surface area contributed by atoms with Crippen LogP contribution in [0.5, 0.6) is 0 Å². The molecule has 0 bridgehead atoms. The number of Topliss-reactive ketones (excluding diaryl/α,β-unsaturated/α-hetero) is 2. The summed E-state index contributed by atoms with van der Waals surface area (Å²) in [4.78, 5) is 45.1. The predicted octanol–water partition coefficient (Wildman–Crippen LogP) is 5.80. The molecule has 4 atom stereocenters. The maximum atomic E-state index is 15.2. The van der Waals surface area contributed by atoms with Gasteiger partial charge in [0.1, 0.15) is 17.3 Å². The molecule has 0 aliphatic carbocycles. The summed E-state index contributed by atoms with van der Waals surface area (Å²) < 4.78 is 15.2. The summed E-state index contributed by atoms with van der Waals surface area (Å²) in [6.45, 7) is 7.44. The fourth-order valence-corrected chi connectivity index (χ4v) is 6.66. The van der Waals surface area contributed by atoms with E-state index in [-0.39, 0.29) is 17.3 Å². The summed E-state index contributed by atoms with van der Waals surface area (Å²) in [6, 6.07) is 19.3. The molecule has 6 heteroatoms. The van der Waals surface area contributed by atoms with Crippen LogP contribution in [0.25, 0.3) is 5.57 Å². The number of hydrogen-bond donors (Lipinski definition) is 1. The Balaban J connectivity index is 1.72. The molecule has 3 aromatic rings. The normalized spacial score (nSPS) is 25.4. The lowest BCUT2D eigenvalue weighted by Gasteiger charge is -2.39. The van der Waals surface area contributed by atoms with Crippen LogP contribution >= 0.6 is 0 Å². The van der Waals surface area contributed by atoms with E-state index in [9.17, 15) is 14.4 Å². The average Bonchev–Trinajstić information content (AvgIpc) is 3.36. The lowest BCUT2D eigenvalue weighted by molar-refractivity contribution is -0.128. The first-order valence-electron chi connectivity index (χ1n) is 12.9. The number of anilines is 2. The molecular formula is C32H29FN2O3. The van der Waals surface area contributed by atoms with Gasteiger partial charge in [0.2, 0.25) is 5.91 Å². The van der Waals surface area contributed by atoms with Crippen molar-refractivity contribution in [3.05, 3.63) is 101 Å². The van der Waals surface area contributed by atoms with Crippen LogP contribution in [0.15, 0.2) is 78.9 Å². The van der Waals surface area contributed by atoms with E-state index in [1.165, 1.54) is 18.2 Å². The number of amides is 1. The van der Waals surface area contributed by atoms with Crippen molar-refractivity contribution in [2.75, 3.05) is 10.2 Å². The second-order valence-corrected chi connectivity index (χ2v) is 11.5. The standard InChI is InChI=1S/C32H29FN2O3/c1-18-17-25-32(21-13-7-9-15-23(21)34-30(32)38)26(28(36)20-12-5-8-14-22(20)33)27(29(37)31(2,3)4)35(25)24-16-10-6-11-19(18)24/h5-17,25-27H,1-4H3,(H,34,38)/t25-,26+,27+,32-/m1/s1. The second kappa shape index (κ2) is 8.22. The van der Waals surface area contributed by atoms with Gasteiger partial charge in [-0.05, 0) is 42.3 Å². The highest BCUT2D eigenvalue weighted by atomic mass is 19.1. The molecule has 0 aromatic heterocycles. The van der Waals surface area contributed by atoms with Gasteiger partial charge in [0.05, 0.1) is 17.5 Å². The van der Waals surface area contributed by atoms with E-state index in [4.69, 9.17) is 0 Å². The zero-order valence-corrected chi connectivity index (χ0v) is 21.8. The van der Waals surface area contributed by atoms with Crippen LogP contribution in [0.3, 0.4) is 0 Å². The van der Waals surface area contributed by atoms with Gasteiger partial charge in [-0.2, -0.15) is 0 Å². The summed E-state index contributed by atoms with van der Waals surface area (Å²) >= 11 is 0. The maximum Gasteiger partial charge on any atom is 0.238 e. The number of para-hydroxylation sites is 2. The quantitative estimate of drug-likeness (QED) is 0.454. The van der Waals surface area contributed by atoms with Gasteiger partial charge >= 0.3 is 0 Å². The molecule has 3 aliphatic rings. The van der Waals surface area contributed by atoms with E-state index in [0.717, 1.165) is 16.8 Å². The van der Waals surface area contributed by atoms with Gasteiger partial charge in [-0.25, -0.2) is 4.39 Å². The van der Waals surface area contributed by atoms with Crippen LogP contribution < -0.4 is 10.2 Å². The maximum absolute atomic E-state index is 15.2. The molecule has 3 heterocycles. The highest BCUT2D eigenvalue weighted by molar-refractivity contribution is 6.17. The van der Waals surface area contributed by atoms with Crippen molar-refractivity contribution < 1.29 is 18.8 Å². The first kappa shape index (κ1) is 24.3. The Morgan fingerprint density at radius 3 is 2.34 bits per heavy atom. The van der Waals surface area contributed by atoms with Crippen molar-refractivity contribution in [3.8, 4) is 0 Å². The van der Waals surface area contributed by atoms with E-state index in [0.29, 0.717) is 11.3 Å². The van der Waals surface area contributed by atoms with Crippen molar-refractivity contribution in [1.29, 1.82) is 0 Å². The Labute approximate surface area is 221 Å². The molecule has 0 saturated carbocycles. The van der Waals surface area contributed by atoms with Crippen LogP contribution in [0.4, 0.5) is 15.8 Å². The summed E-state index contributed by atoms with van der Waals surface area (Å²) in [7, 11) is 0. The van der Waals surface area contributed by atoms with Crippen LogP contribution in [0.2, 0.25) is 0 Å². The lowest BCUT2D eigenvalue weighted by atomic mass is 9.63. The van der Waals surface area contributed by atoms with Crippen LogP contribution in [0.1, 0.15) is 49.2 Å². The third kappa shape index (κ3) is 3.12. The summed E-state index contributed by atoms with van der Waals surface area (Å²) in [6.07, 6.45) is 2.00. The fraction of sp³-hybridized carbons (Fsp3) is 0.281. The monoisotopic (exact) mass is 508 g/mol. The minimum Gasteiger partial charge on any atom is -0.352 e. The highest BCUT2D eigenvalue weighted by Gasteiger charge is 2.71. The lowest BCUT2D eigenvalue weighted by Crippen LogP contribution is -2.52. The Hall–Kier alpha value is -4.06. The summed E-state index contributed by atoms with van der Waals surface area (Å²) in [5.41, 5.74) is 1.58. The molecule has 6 rings (SSSR count). The second-order valence-electron chi connectivity index (χ2n) is 11.5. The number of allylic oxidation sites excluding steroid dienone is 1. The van der Waals surface area contributed by atoms with Crippen LogP contribution in [-0.4, -0.2) is 29.6 Å². The Morgan fingerprint density at radius 2 is 1.61 bits per heavy atom. The molecule has 1 N–H and O–H groups in total. The van der Waals surface area contributed by atoms with E-state index in [1.54, 1.807) is 6.07 Å². The molecule has 1 saturated heterocycles. The van der Waals surface area contributed by atoms with Gasteiger partial charge in [0.15, 0.2) is 11.6 Å². The number of fused-ring (bicyclic) bond motifs is 6. The number of benzene rings is 3. The molecule has 38 heavy (non-hydrogen) atoms. The van der Waals surface area contributed by atoms with Crippen LogP contribution in [0, 0.1) is 17.2 Å². The zero-order chi connectivity index (χ0) is 27.0. The van der Waals surface area contributed by atoms with E-state index in [1.807, 2.05) is 87.2 Å². The Kier molecular flexibility index (Phi) is 5.25. The smallest absolute Gasteiger partial charge is 0.238 e. The van der Waals surface area contributed by atoms with Crippen LogP contribution in [-0.2, 0) is 15.0 Å². The molecule has 1 spiro atoms. The first-order chi connectivity index (χ1) is 18.1. The van der Waals surface area contributed by atoms with Gasteiger partial charge < -0.3 is 10.2 Å². The van der Waals surface area contributed by atoms with Gasteiger partial charge in [-0.3, -0.25) is 14.4 Å². The van der Waals surface area contributed by atoms with Crippen molar-refractivity contribution in [2.24, 2.45) is 11.3 Å². The van der Waals surface area contributed by atoms with Gasteiger partial charge in [0, 0.05) is 22.4 Å². The number of carbonyl (C=O) groups excluding carboxylic acids is 3. The summed E-state index contributed by atoms with van der Waals surface area (Å²) in [5, 5.41) is 3.00. The minimum atomic E-state index is -1.43. The number of carbonyl (C=O) groups is 3. The fourth-order valence-electron chi connectivity index (χ4n) is 6.66. The van der Waals surface area contributed by atoms with E-state index in [2.05, 4.69) is 5.32 Å². The number of nitrogens with one attached hydrogen (secondary N) is 1. The van der Waals surface area contributed by atoms with E-state index < -0.39 is 40.4 Å². The molecule has 5 nitrogen and oxygen atoms in total. The van der Waals surface area contributed by atoms with Crippen molar-refractivity contribution >= 4 is 34.4 Å². The molecule has 192 valence electrons. The average molecular weight is 509 g/mol. The molecule has 3 aliphatic heterocycles. The molecule has 3 aromatic carbocycles. The van der Waals surface area contributed by atoms with Crippen molar-refractivity contribution in [3.63, 3.8) is 0 Å². The van der Waals surface area contributed by atoms with Gasteiger partial charge in [0.25, 0.3) is 0 Å². The van der Waals surface area contributed by atoms with Gasteiger partial charge in [-0.1, -0.05) is 75.4 Å². The SMILES string of the molecule is CC1=C[C@H]2N(c3ccccc31)[C@H](C(=O)C(C)(C)C)[C@@H](C(=O)c1ccccc1F)[C@]21C(=O)Nc2ccccc21. The number of ketones is 2. The first-order valence-corrected chi connectivity index (χ1v) is 12.9. The Morgan fingerprint density at radius 1 is 0.947 bits per heavy atom. The Bertz CT molecular complexity index is 1550. The van der Waals surface area contributed by atoms with Crippen molar-refractivity contribution in [2.45, 2.75) is 45.2 Å². The third-order valence-corrected chi connectivity index (χ3v) is 8.31. The number of rotatable bonds is 3. The summed E-state index contributed by atoms with van der Waals surface area (Å²) in [5.74, 6) is -2.89.